The normalized spacial score (nSPS) is 11.3. The summed E-state index contributed by atoms with van der Waals surface area (Å²) in [5.74, 6) is 0.870. The molecular formula is C19H19N3OS. The standard InChI is InChI=1S/C19H19N3OS/c1-3-23-17-11-9-15(10-12-17)14(2)21-22-19-20-18(13-24-19)16-7-5-4-6-8-16/h4-13H,3H2,1-2H3,(H,20,22). The summed E-state index contributed by atoms with van der Waals surface area (Å²) in [6, 6.07) is 18.0. The first kappa shape index (κ1) is 16.2. The maximum absolute atomic E-state index is 5.45. The van der Waals surface area contributed by atoms with Crippen molar-refractivity contribution in [1.29, 1.82) is 0 Å². The van der Waals surface area contributed by atoms with Crippen molar-refractivity contribution < 1.29 is 4.74 Å². The number of nitrogens with one attached hydrogen (secondary N) is 1. The zero-order valence-corrected chi connectivity index (χ0v) is 14.5. The Morgan fingerprint density at radius 3 is 2.58 bits per heavy atom. The number of thiazole rings is 1. The Morgan fingerprint density at radius 1 is 1.12 bits per heavy atom. The zero-order chi connectivity index (χ0) is 16.8. The summed E-state index contributed by atoms with van der Waals surface area (Å²) in [6.45, 7) is 4.61. The lowest BCUT2D eigenvalue weighted by atomic mass is 10.1. The Hall–Kier alpha value is -2.66. The summed E-state index contributed by atoms with van der Waals surface area (Å²) < 4.78 is 5.45. The zero-order valence-electron chi connectivity index (χ0n) is 13.7. The fourth-order valence-electron chi connectivity index (χ4n) is 2.22. The third kappa shape index (κ3) is 4.00. The Morgan fingerprint density at radius 2 is 1.88 bits per heavy atom. The molecule has 0 atom stereocenters. The van der Waals surface area contributed by atoms with E-state index in [1.54, 1.807) is 11.3 Å². The Kier molecular flexibility index (Phi) is 5.23. The summed E-state index contributed by atoms with van der Waals surface area (Å²) in [6.07, 6.45) is 0. The van der Waals surface area contributed by atoms with E-state index in [2.05, 4.69) is 15.5 Å². The lowest BCUT2D eigenvalue weighted by Gasteiger charge is -2.05. The fourth-order valence-corrected chi connectivity index (χ4v) is 2.88. The van der Waals surface area contributed by atoms with E-state index in [1.165, 1.54) is 0 Å². The van der Waals surface area contributed by atoms with Crippen LogP contribution in [0, 0.1) is 0 Å². The van der Waals surface area contributed by atoms with E-state index >= 15 is 0 Å². The van der Waals surface area contributed by atoms with Crippen molar-refractivity contribution >= 4 is 22.2 Å². The molecule has 0 bridgehead atoms. The van der Waals surface area contributed by atoms with Gasteiger partial charge in [0.15, 0.2) is 0 Å². The fraction of sp³-hybridized carbons (Fsp3) is 0.158. The predicted octanol–water partition coefficient (Wildman–Crippen LogP) is 5.04. The summed E-state index contributed by atoms with van der Waals surface area (Å²) in [4.78, 5) is 4.56. The van der Waals surface area contributed by atoms with Crippen LogP contribution in [0.25, 0.3) is 11.3 Å². The molecule has 5 heteroatoms. The minimum absolute atomic E-state index is 0.668. The van der Waals surface area contributed by atoms with E-state index < -0.39 is 0 Å². The molecule has 4 nitrogen and oxygen atoms in total. The maximum atomic E-state index is 5.45. The average Bonchev–Trinajstić information content (AvgIpc) is 3.10. The second-order valence-corrected chi connectivity index (χ2v) is 6.03. The van der Waals surface area contributed by atoms with Crippen LogP contribution < -0.4 is 10.2 Å². The molecule has 0 saturated carbocycles. The largest absolute Gasteiger partial charge is 0.494 e. The first-order valence-corrected chi connectivity index (χ1v) is 8.68. The van der Waals surface area contributed by atoms with Gasteiger partial charge in [0, 0.05) is 10.9 Å². The number of hydrogen-bond donors (Lipinski definition) is 1. The van der Waals surface area contributed by atoms with Gasteiger partial charge in [-0.05, 0) is 43.7 Å². The van der Waals surface area contributed by atoms with Gasteiger partial charge >= 0.3 is 0 Å². The lowest BCUT2D eigenvalue weighted by molar-refractivity contribution is 0.340. The number of hydrazone groups is 1. The highest BCUT2D eigenvalue weighted by Gasteiger charge is 2.04. The van der Waals surface area contributed by atoms with Crippen molar-refractivity contribution in [2.24, 2.45) is 5.10 Å². The van der Waals surface area contributed by atoms with Crippen LogP contribution in [0.4, 0.5) is 5.13 Å². The molecular weight excluding hydrogens is 318 g/mol. The molecule has 0 aliphatic rings. The molecule has 0 aliphatic carbocycles. The van der Waals surface area contributed by atoms with Crippen LogP contribution in [0.2, 0.25) is 0 Å². The van der Waals surface area contributed by atoms with Crippen LogP contribution in [0.3, 0.4) is 0 Å². The predicted molar refractivity (Wildman–Crippen MR) is 101 cm³/mol. The molecule has 0 fully saturated rings. The van der Waals surface area contributed by atoms with Crippen LogP contribution >= 0.6 is 11.3 Å². The van der Waals surface area contributed by atoms with Crippen LogP contribution in [0.15, 0.2) is 65.1 Å². The van der Waals surface area contributed by atoms with Crippen molar-refractivity contribution in [3.05, 3.63) is 65.5 Å². The van der Waals surface area contributed by atoms with Crippen molar-refractivity contribution in [2.45, 2.75) is 13.8 Å². The smallest absolute Gasteiger partial charge is 0.203 e. The highest BCUT2D eigenvalue weighted by molar-refractivity contribution is 7.14. The highest BCUT2D eigenvalue weighted by Crippen LogP contribution is 2.24. The molecule has 0 radical (unpaired) electrons. The van der Waals surface area contributed by atoms with E-state index in [-0.39, 0.29) is 0 Å². The summed E-state index contributed by atoms with van der Waals surface area (Å²) in [5, 5.41) is 7.23. The molecule has 0 spiro atoms. The van der Waals surface area contributed by atoms with Gasteiger partial charge < -0.3 is 4.74 Å². The Bertz CT molecular complexity index is 810. The van der Waals surface area contributed by atoms with Crippen molar-refractivity contribution in [3.63, 3.8) is 0 Å². The molecule has 1 heterocycles. The molecule has 3 rings (SSSR count). The number of rotatable bonds is 6. The summed E-state index contributed by atoms with van der Waals surface area (Å²) in [7, 11) is 0. The third-order valence-corrected chi connectivity index (χ3v) is 4.22. The average molecular weight is 337 g/mol. The second-order valence-electron chi connectivity index (χ2n) is 5.17. The number of anilines is 1. The van der Waals surface area contributed by atoms with Gasteiger partial charge in [0.1, 0.15) is 5.75 Å². The first-order chi connectivity index (χ1) is 11.8. The molecule has 1 N–H and O–H groups in total. The van der Waals surface area contributed by atoms with Crippen molar-refractivity contribution in [1.82, 2.24) is 4.98 Å². The Balaban J connectivity index is 1.68. The number of hydrogen-bond acceptors (Lipinski definition) is 5. The van der Waals surface area contributed by atoms with E-state index in [0.717, 1.165) is 33.4 Å². The van der Waals surface area contributed by atoms with Crippen LogP contribution in [-0.4, -0.2) is 17.3 Å². The van der Waals surface area contributed by atoms with Crippen LogP contribution in [0.1, 0.15) is 19.4 Å². The van der Waals surface area contributed by atoms with Crippen molar-refractivity contribution in [3.8, 4) is 17.0 Å². The monoisotopic (exact) mass is 337 g/mol. The number of aromatic nitrogens is 1. The highest BCUT2D eigenvalue weighted by atomic mass is 32.1. The molecule has 0 aliphatic heterocycles. The van der Waals surface area contributed by atoms with Gasteiger partial charge in [0.25, 0.3) is 0 Å². The van der Waals surface area contributed by atoms with Gasteiger partial charge in [-0.2, -0.15) is 5.10 Å². The number of benzene rings is 2. The van der Waals surface area contributed by atoms with Gasteiger partial charge in [0.05, 0.1) is 18.0 Å². The molecule has 2 aromatic carbocycles. The molecule has 0 unspecified atom stereocenters. The summed E-state index contributed by atoms with van der Waals surface area (Å²) in [5.41, 5.74) is 7.04. The second kappa shape index (κ2) is 7.75. The lowest BCUT2D eigenvalue weighted by Crippen LogP contribution is -2.00. The van der Waals surface area contributed by atoms with Gasteiger partial charge in [-0.25, -0.2) is 4.98 Å². The molecule has 3 aromatic rings. The van der Waals surface area contributed by atoms with Crippen LogP contribution in [0.5, 0.6) is 5.75 Å². The third-order valence-electron chi connectivity index (χ3n) is 3.48. The van der Waals surface area contributed by atoms with Crippen LogP contribution in [-0.2, 0) is 0 Å². The first-order valence-electron chi connectivity index (χ1n) is 7.80. The van der Waals surface area contributed by atoms with Gasteiger partial charge in [-0.1, -0.05) is 30.3 Å². The Labute approximate surface area is 145 Å². The number of ether oxygens (including phenoxy) is 1. The van der Waals surface area contributed by atoms with Crippen molar-refractivity contribution in [2.75, 3.05) is 12.0 Å². The summed E-state index contributed by atoms with van der Waals surface area (Å²) >= 11 is 1.54. The van der Waals surface area contributed by atoms with E-state index in [1.807, 2.05) is 73.8 Å². The number of nitrogens with zero attached hydrogens (tertiary/aromatic N) is 2. The molecule has 0 amide bonds. The van der Waals surface area contributed by atoms with E-state index in [9.17, 15) is 0 Å². The molecule has 0 saturated heterocycles. The molecule has 24 heavy (non-hydrogen) atoms. The maximum Gasteiger partial charge on any atom is 0.203 e. The van der Waals surface area contributed by atoms with Gasteiger partial charge in [-0.15, -0.1) is 11.3 Å². The topological polar surface area (TPSA) is 46.5 Å². The van der Waals surface area contributed by atoms with Gasteiger partial charge in [0.2, 0.25) is 5.13 Å². The van der Waals surface area contributed by atoms with Gasteiger partial charge in [-0.3, -0.25) is 5.43 Å². The van der Waals surface area contributed by atoms with E-state index in [4.69, 9.17) is 4.74 Å². The minimum Gasteiger partial charge on any atom is -0.494 e. The SMILES string of the molecule is CCOc1ccc(C(C)=NNc2nc(-c3ccccc3)cs2)cc1. The van der Waals surface area contributed by atoms with E-state index in [0.29, 0.717) is 6.61 Å². The quantitative estimate of drug-likeness (QED) is 0.506. The molecule has 1 aromatic heterocycles. The molecule has 122 valence electrons. The minimum atomic E-state index is 0.668.